The molecule has 2 aromatic rings. The van der Waals surface area contributed by atoms with Crippen LogP contribution in [-0.2, 0) is 0 Å². The van der Waals surface area contributed by atoms with Gasteiger partial charge >= 0.3 is 5.97 Å². The standard InChI is InChI=1S/C15H14N4O3S/c1-21-13-8-10(9-18-19-15(16)23)2-3-12(13)22-14(20)11-4-6-17-7-5-11/h2-9H,1H3,(H3,16,19,23). The van der Waals surface area contributed by atoms with Crippen molar-refractivity contribution < 1.29 is 14.3 Å². The number of carbonyl (C=O) groups excluding carboxylic acids is 1. The van der Waals surface area contributed by atoms with Crippen LogP contribution in [0, 0.1) is 0 Å². The summed E-state index contributed by atoms with van der Waals surface area (Å²) in [6.45, 7) is 0. The van der Waals surface area contributed by atoms with E-state index in [4.69, 9.17) is 15.2 Å². The lowest BCUT2D eigenvalue weighted by Gasteiger charge is -2.09. The number of thiocarbonyl (C=S) groups is 1. The zero-order chi connectivity index (χ0) is 16.7. The average molecular weight is 330 g/mol. The van der Waals surface area contributed by atoms with Gasteiger partial charge in [0.1, 0.15) is 0 Å². The SMILES string of the molecule is COc1cc(C=NNC(N)=S)ccc1OC(=O)c1ccncc1. The number of nitrogens with zero attached hydrogens (tertiary/aromatic N) is 2. The Bertz CT molecular complexity index is 735. The zero-order valence-corrected chi connectivity index (χ0v) is 13.0. The highest BCUT2D eigenvalue weighted by atomic mass is 32.1. The number of methoxy groups -OCH3 is 1. The minimum Gasteiger partial charge on any atom is -0.493 e. The first-order valence-electron chi connectivity index (χ1n) is 6.49. The molecule has 0 aliphatic heterocycles. The third-order valence-corrected chi connectivity index (χ3v) is 2.79. The van der Waals surface area contributed by atoms with Gasteiger partial charge in [-0.05, 0) is 48.1 Å². The molecule has 0 unspecified atom stereocenters. The number of ether oxygens (including phenoxy) is 2. The van der Waals surface area contributed by atoms with E-state index in [1.165, 1.54) is 25.7 Å². The molecule has 118 valence electrons. The maximum absolute atomic E-state index is 12.0. The predicted molar refractivity (Wildman–Crippen MR) is 89.7 cm³/mol. The lowest BCUT2D eigenvalue weighted by atomic mass is 10.2. The molecular formula is C15H14N4O3S. The van der Waals surface area contributed by atoms with Crippen LogP contribution in [0.5, 0.6) is 11.5 Å². The Kier molecular flexibility index (Phi) is 5.59. The Morgan fingerprint density at radius 1 is 1.30 bits per heavy atom. The third-order valence-electron chi connectivity index (χ3n) is 2.69. The number of hydrogen-bond donors (Lipinski definition) is 2. The van der Waals surface area contributed by atoms with Crippen LogP contribution in [0.25, 0.3) is 0 Å². The highest BCUT2D eigenvalue weighted by Crippen LogP contribution is 2.28. The summed E-state index contributed by atoms with van der Waals surface area (Å²) >= 11 is 4.64. The van der Waals surface area contributed by atoms with Gasteiger partial charge < -0.3 is 15.2 Å². The number of pyridine rings is 1. The molecule has 23 heavy (non-hydrogen) atoms. The van der Waals surface area contributed by atoms with Crippen molar-refractivity contribution in [3.8, 4) is 11.5 Å². The van der Waals surface area contributed by atoms with Crippen LogP contribution in [0.15, 0.2) is 47.8 Å². The molecule has 0 spiro atoms. The number of benzene rings is 1. The van der Waals surface area contributed by atoms with E-state index in [0.717, 1.165) is 0 Å². The summed E-state index contributed by atoms with van der Waals surface area (Å²) in [6, 6.07) is 8.12. The van der Waals surface area contributed by atoms with E-state index < -0.39 is 5.97 Å². The second kappa shape index (κ2) is 7.85. The fourth-order valence-corrected chi connectivity index (χ4v) is 1.72. The fourth-order valence-electron chi connectivity index (χ4n) is 1.67. The number of hydrazone groups is 1. The molecule has 0 aliphatic carbocycles. The number of aromatic nitrogens is 1. The molecule has 0 saturated carbocycles. The van der Waals surface area contributed by atoms with Gasteiger partial charge in [-0.1, -0.05) is 0 Å². The fraction of sp³-hybridized carbons (Fsp3) is 0.0667. The van der Waals surface area contributed by atoms with Crippen LogP contribution >= 0.6 is 12.2 Å². The summed E-state index contributed by atoms with van der Waals surface area (Å²) in [5.74, 6) is 0.197. The van der Waals surface area contributed by atoms with Gasteiger partial charge in [-0.25, -0.2) is 4.79 Å². The molecule has 8 heteroatoms. The molecule has 0 radical (unpaired) electrons. The van der Waals surface area contributed by atoms with Gasteiger partial charge in [-0.15, -0.1) is 0 Å². The van der Waals surface area contributed by atoms with Gasteiger partial charge in [0.05, 0.1) is 18.9 Å². The van der Waals surface area contributed by atoms with Gasteiger partial charge in [-0.3, -0.25) is 10.4 Å². The van der Waals surface area contributed by atoms with Crippen LogP contribution in [0.3, 0.4) is 0 Å². The summed E-state index contributed by atoms with van der Waals surface area (Å²) in [5.41, 5.74) is 8.83. The number of nitrogens with one attached hydrogen (secondary N) is 1. The van der Waals surface area contributed by atoms with Gasteiger partial charge in [-0.2, -0.15) is 5.10 Å². The van der Waals surface area contributed by atoms with E-state index in [0.29, 0.717) is 22.6 Å². The van der Waals surface area contributed by atoms with E-state index in [9.17, 15) is 4.79 Å². The molecule has 3 N–H and O–H groups in total. The predicted octanol–water partition coefficient (Wildman–Crippen LogP) is 1.48. The maximum Gasteiger partial charge on any atom is 0.343 e. The number of carbonyl (C=O) groups is 1. The van der Waals surface area contributed by atoms with Crippen molar-refractivity contribution in [3.05, 3.63) is 53.9 Å². The Balaban J connectivity index is 2.15. The van der Waals surface area contributed by atoms with E-state index >= 15 is 0 Å². The second-order valence-electron chi connectivity index (χ2n) is 4.27. The van der Waals surface area contributed by atoms with E-state index in [1.54, 1.807) is 30.3 Å². The highest BCUT2D eigenvalue weighted by molar-refractivity contribution is 7.80. The van der Waals surface area contributed by atoms with E-state index in [-0.39, 0.29) is 5.11 Å². The summed E-state index contributed by atoms with van der Waals surface area (Å²) < 4.78 is 10.6. The van der Waals surface area contributed by atoms with Gasteiger partial charge in [0.15, 0.2) is 16.6 Å². The summed E-state index contributed by atoms with van der Waals surface area (Å²) in [6.07, 6.45) is 4.54. The first-order chi connectivity index (χ1) is 11.1. The van der Waals surface area contributed by atoms with Crippen molar-refractivity contribution in [2.45, 2.75) is 0 Å². The largest absolute Gasteiger partial charge is 0.493 e. The number of nitrogens with two attached hydrogens (primary N) is 1. The minimum absolute atomic E-state index is 0.0658. The molecule has 1 aromatic heterocycles. The lowest BCUT2D eigenvalue weighted by Crippen LogP contribution is -2.23. The molecular weight excluding hydrogens is 316 g/mol. The lowest BCUT2D eigenvalue weighted by molar-refractivity contribution is 0.0729. The number of hydrogen-bond acceptors (Lipinski definition) is 6. The van der Waals surface area contributed by atoms with Crippen molar-refractivity contribution in [2.24, 2.45) is 10.8 Å². The minimum atomic E-state index is -0.498. The smallest absolute Gasteiger partial charge is 0.343 e. The molecule has 7 nitrogen and oxygen atoms in total. The molecule has 2 rings (SSSR count). The van der Waals surface area contributed by atoms with Crippen molar-refractivity contribution in [3.63, 3.8) is 0 Å². The molecule has 0 bridgehead atoms. The van der Waals surface area contributed by atoms with Gasteiger partial charge in [0, 0.05) is 12.4 Å². The van der Waals surface area contributed by atoms with Crippen LogP contribution in [-0.4, -0.2) is 29.4 Å². The summed E-state index contributed by atoms with van der Waals surface area (Å²) in [5, 5.41) is 3.91. The number of rotatable bonds is 5. The third kappa shape index (κ3) is 4.75. The van der Waals surface area contributed by atoms with Gasteiger partial charge in [0.25, 0.3) is 0 Å². The molecule has 0 amide bonds. The molecule has 0 saturated heterocycles. The molecule has 0 atom stereocenters. The highest BCUT2D eigenvalue weighted by Gasteiger charge is 2.12. The Morgan fingerprint density at radius 3 is 2.70 bits per heavy atom. The van der Waals surface area contributed by atoms with Crippen LogP contribution in [0.2, 0.25) is 0 Å². The Morgan fingerprint density at radius 2 is 2.04 bits per heavy atom. The first kappa shape index (κ1) is 16.4. The van der Waals surface area contributed by atoms with Gasteiger partial charge in [0.2, 0.25) is 0 Å². The summed E-state index contributed by atoms with van der Waals surface area (Å²) in [7, 11) is 1.48. The van der Waals surface area contributed by atoms with Crippen LogP contribution in [0.1, 0.15) is 15.9 Å². The van der Waals surface area contributed by atoms with Crippen LogP contribution < -0.4 is 20.6 Å². The summed E-state index contributed by atoms with van der Waals surface area (Å²) in [4.78, 5) is 15.9. The molecule has 1 aromatic carbocycles. The van der Waals surface area contributed by atoms with Crippen molar-refractivity contribution >= 4 is 29.5 Å². The van der Waals surface area contributed by atoms with Crippen molar-refractivity contribution in [1.82, 2.24) is 10.4 Å². The maximum atomic E-state index is 12.0. The first-order valence-corrected chi connectivity index (χ1v) is 6.89. The quantitative estimate of drug-likeness (QED) is 0.282. The van der Waals surface area contributed by atoms with E-state index in [1.807, 2.05) is 0 Å². The monoisotopic (exact) mass is 330 g/mol. The average Bonchev–Trinajstić information content (AvgIpc) is 2.56. The molecule has 0 fully saturated rings. The normalized spacial score (nSPS) is 10.3. The van der Waals surface area contributed by atoms with E-state index in [2.05, 4.69) is 27.7 Å². The Hall–Kier alpha value is -3.00. The topological polar surface area (TPSA) is 98.8 Å². The molecule has 1 heterocycles. The zero-order valence-electron chi connectivity index (χ0n) is 12.2. The molecule has 0 aliphatic rings. The van der Waals surface area contributed by atoms with Crippen LogP contribution in [0.4, 0.5) is 0 Å². The number of esters is 1. The van der Waals surface area contributed by atoms with Crippen molar-refractivity contribution in [2.75, 3.05) is 7.11 Å². The van der Waals surface area contributed by atoms with Crippen molar-refractivity contribution in [1.29, 1.82) is 0 Å². The Labute approximate surface area is 138 Å². The second-order valence-corrected chi connectivity index (χ2v) is 4.71.